The second kappa shape index (κ2) is 9.60. The van der Waals surface area contributed by atoms with Gasteiger partial charge in [-0.2, -0.15) is 0 Å². The molecule has 0 atom stereocenters. The molecule has 0 fully saturated rings. The lowest BCUT2D eigenvalue weighted by Crippen LogP contribution is -2.36. The molecule has 1 rings (SSSR count). The SMILES string of the molecule is CCC(CC)NC(=O)COC(=O)/C=C/c1ccc(OC)cc1. The molecule has 0 radical (unpaired) electrons. The molecule has 5 nitrogen and oxygen atoms in total. The Balaban J connectivity index is 2.38. The standard InChI is InChI=1S/C17H23NO4/c1-4-14(5-2)18-16(19)12-22-17(20)11-8-13-6-9-15(21-3)10-7-13/h6-11,14H,4-5,12H2,1-3H3,(H,18,19)/b11-8+. The first-order valence-electron chi connectivity index (χ1n) is 7.37. The molecule has 0 saturated heterocycles. The molecule has 0 heterocycles. The van der Waals surface area contributed by atoms with Gasteiger partial charge in [-0.15, -0.1) is 0 Å². The number of rotatable bonds is 8. The Labute approximate surface area is 131 Å². The van der Waals surface area contributed by atoms with Crippen molar-refractivity contribution < 1.29 is 19.1 Å². The molecule has 0 aromatic heterocycles. The van der Waals surface area contributed by atoms with Gasteiger partial charge >= 0.3 is 5.97 Å². The molecule has 1 aromatic carbocycles. The molecule has 1 amide bonds. The quantitative estimate of drug-likeness (QED) is 0.592. The zero-order valence-corrected chi connectivity index (χ0v) is 13.3. The molecule has 5 heteroatoms. The molecule has 0 saturated carbocycles. The monoisotopic (exact) mass is 305 g/mol. The van der Waals surface area contributed by atoms with Crippen LogP contribution in [0, 0.1) is 0 Å². The maximum absolute atomic E-state index is 11.6. The average Bonchev–Trinajstić information content (AvgIpc) is 2.56. The van der Waals surface area contributed by atoms with E-state index in [1.54, 1.807) is 25.3 Å². The van der Waals surface area contributed by atoms with Crippen molar-refractivity contribution in [3.63, 3.8) is 0 Å². The Bertz CT molecular complexity index is 504. The van der Waals surface area contributed by atoms with Crippen LogP contribution >= 0.6 is 0 Å². The van der Waals surface area contributed by atoms with Crippen molar-refractivity contribution in [2.45, 2.75) is 32.7 Å². The molecular weight excluding hydrogens is 282 g/mol. The minimum atomic E-state index is -0.546. The Morgan fingerprint density at radius 1 is 1.18 bits per heavy atom. The van der Waals surface area contributed by atoms with Gasteiger partial charge in [-0.1, -0.05) is 26.0 Å². The fourth-order valence-electron chi connectivity index (χ4n) is 1.83. The van der Waals surface area contributed by atoms with E-state index in [4.69, 9.17) is 9.47 Å². The van der Waals surface area contributed by atoms with Crippen molar-refractivity contribution in [1.29, 1.82) is 0 Å². The number of methoxy groups -OCH3 is 1. The van der Waals surface area contributed by atoms with Crippen LogP contribution in [0.4, 0.5) is 0 Å². The number of esters is 1. The van der Waals surface area contributed by atoms with E-state index >= 15 is 0 Å². The lowest BCUT2D eigenvalue weighted by molar-refractivity contribution is -0.144. The largest absolute Gasteiger partial charge is 0.497 e. The second-order valence-corrected chi connectivity index (χ2v) is 4.80. The molecule has 1 aromatic rings. The number of benzene rings is 1. The third kappa shape index (κ3) is 6.43. The molecule has 0 aliphatic rings. The summed E-state index contributed by atoms with van der Waals surface area (Å²) in [6.07, 6.45) is 4.63. The minimum absolute atomic E-state index is 0.126. The van der Waals surface area contributed by atoms with E-state index in [9.17, 15) is 9.59 Å². The summed E-state index contributed by atoms with van der Waals surface area (Å²) in [6.45, 7) is 3.73. The summed E-state index contributed by atoms with van der Waals surface area (Å²) >= 11 is 0. The number of hydrogen-bond donors (Lipinski definition) is 1. The van der Waals surface area contributed by atoms with Crippen LogP contribution in [0.1, 0.15) is 32.3 Å². The molecule has 0 aliphatic heterocycles. The fraction of sp³-hybridized carbons (Fsp3) is 0.412. The van der Waals surface area contributed by atoms with Crippen LogP contribution in [0.3, 0.4) is 0 Å². The van der Waals surface area contributed by atoms with Gasteiger partial charge in [-0.25, -0.2) is 4.79 Å². The summed E-state index contributed by atoms with van der Waals surface area (Å²) in [5, 5.41) is 2.80. The lowest BCUT2D eigenvalue weighted by atomic mass is 10.2. The van der Waals surface area contributed by atoms with Crippen molar-refractivity contribution in [3.8, 4) is 5.75 Å². The highest BCUT2D eigenvalue weighted by molar-refractivity contribution is 5.89. The Morgan fingerprint density at radius 3 is 2.36 bits per heavy atom. The van der Waals surface area contributed by atoms with Crippen molar-refractivity contribution >= 4 is 18.0 Å². The van der Waals surface area contributed by atoms with Gasteiger partial charge in [0.25, 0.3) is 5.91 Å². The van der Waals surface area contributed by atoms with Crippen LogP contribution in [0.25, 0.3) is 6.08 Å². The maximum atomic E-state index is 11.6. The predicted molar refractivity (Wildman–Crippen MR) is 85.5 cm³/mol. The van der Waals surface area contributed by atoms with Crippen LogP contribution in [0.2, 0.25) is 0 Å². The number of carbonyl (C=O) groups is 2. The van der Waals surface area contributed by atoms with Gasteiger partial charge in [0, 0.05) is 12.1 Å². The average molecular weight is 305 g/mol. The smallest absolute Gasteiger partial charge is 0.331 e. The van der Waals surface area contributed by atoms with Crippen LogP contribution in [-0.2, 0) is 14.3 Å². The van der Waals surface area contributed by atoms with Gasteiger partial charge in [0.15, 0.2) is 6.61 Å². The lowest BCUT2D eigenvalue weighted by Gasteiger charge is -2.14. The van der Waals surface area contributed by atoms with Crippen molar-refractivity contribution in [2.75, 3.05) is 13.7 Å². The number of carbonyl (C=O) groups excluding carboxylic acids is 2. The molecule has 0 unspecified atom stereocenters. The van der Waals surface area contributed by atoms with E-state index in [1.165, 1.54) is 6.08 Å². The van der Waals surface area contributed by atoms with Gasteiger partial charge in [-0.3, -0.25) is 4.79 Å². The van der Waals surface area contributed by atoms with Crippen LogP contribution in [0.15, 0.2) is 30.3 Å². The zero-order chi connectivity index (χ0) is 16.4. The van der Waals surface area contributed by atoms with E-state index in [0.717, 1.165) is 24.2 Å². The van der Waals surface area contributed by atoms with Gasteiger partial charge in [0.05, 0.1) is 7.11 Å². The van der Waals surface area contributed by atoms with Gasteiger partial charge in [0.1, 0.15) is 5.75 Å². The Morgan fingerprint density at radius 2 is 1.82 bits per heavy atom. The van der Waals surface area contributed by atoms with Crippen molar-refractivity contribution in [1.82, 2.24) is 5.32 Å². The summed E-state index contributed by atoms with van der Waals surface area (Å²) < 4.78 is 9.95. The molecule has 120 valence electrons. The van der Waals surface area contributed by atoms with Crippen molar-refractivity contribution in [3.05, 3.63) is 35.9 Å². The third-order valence-electron chi connectivity index (χ3n) is 3.22. The summed E-state index contributed by atoms with van der Waals surface area (Å²) in [7, 11) is 1.59. The topological polar surface area (TPSA) is 64.6 Å². The molecule has 0 spiro atoms. The van der Waals surface area contributed by atoms with E-state index < -0.39 is 5.97 Å². The minimum Gasteiger partial charge on any atom is -0.497 e. The summed E-state index contributed by atoms with van der Waals surface area (Å²) in [4.78, 5) is 23.1. The van der Waals surface area contributed by atoms with Crippen LogP contribution in [-0.4, -0.2) is 31.6 Å². The van der Waals surface area contributed by atoms with E-state index in [1.807, 2.05) is 26.0 Å². The third-order valence-corrected chi connectivity index (χ3v) is 3.22. The van der Waals surface area contributed by atoms with E-state index in [2.05, 4.69) is 5.32 Å². The Hall–Kier alpha value is -2.30. The first-order valence-corrected chi connectivity index (χ1v) is 7.37. The fourth-order valence-corrected chi connectivity index (χ4v) is 1.83. The number of hydrogen-bond acceptors (Lipinski definition) is 4. The van der Waals surface area contributed by atoms with Crippen molar-refractivity contribution in [2.24, 2.45) is 0 Å². The summed E-state index contributed by atoms with van der Waals surface area (Å²) in [6, 6.07) is 7.37. The summed E-state index contributed by atoms with van der Waals surface area (Å²) in [5.74, 6) is -0.0757. The van der Waals surface area contributed by atoms with Crippen LogP contribution < -0.4 is 10.1 Å². The summed E-state index contributed by atoms with van der Waals surface area (Å²) in [5.41, 5.74) is 0.847. The highest BCUT2D eigenvalue weighted by Crippen LogP contribution is 2.12. The molecule has 1 N–H and O–H groups in total. The normalized spacial score (nSPS) is 10.7. The maximum Gasteiger partial charge on any atom is 0.331 e. The van der Waals surface area contributed by atoms with Crippen LogP contribution in [0.5, 0.6) is 5.75 Å². The van der Waals surface area contributed by atoms with Gasteiger partial charge in [-0.05, 0) is 36.6 Å². The highest BCUT2D eigenvalue weighted by atomic mass is 16.5. The van der Waals surface area contributed by atoms with E-state index in [0.29, 0.717) is 0 Å². The molecular formula is C17H23NO4. The molecule has 0 aliphatic carbocycles. The second-order valence-electron chi connectivity index (χ2n) is 4.80. The zero-order valence-electron chi connectivity index (χ0n) is 13.3. The molecule has 22 heavy (non-hydrogen) atoms. The Kier molecular flexibility index (Phi) is 7.75. The number of amides is 1. The number of nitrogens with one attached hydrogen (secondary N) is 1. The molecule has 0 bridgehead atoms. The first kappa shape index (κ1) is 17.8. The number of ether oxygens (including phenoxy) is 2. The predicted octanol–water partition coefficient (Wildman–Crippen LogP) is 2.56. The van der Waals surface area contributed by atoms with Gasteiger partial charge < -0.3 is 14.8 Å². The highest BCUT2D eigenvalue weighted by Gasteiger charge is 2.09. The first-order chi connectivity index (χ1) is 10.6. The van der Waals surface area contributed by atoms with E-state index in [-0.39, 0.29) is 18.6 Å². The van der Waals surface area contributed by atoms with Gasteiger partial charge in [0.2, 0.25) is 0 Å².